The van der Waals surface area contributed by atoms with Crippen LogP contribution in [0.15, 0.2) is 36.7 Å². The van der Waals surface area contributed by atoms with Crippen LogP contribution >= 0.6 is 0 Å². The number of sulfone groups is 1. The zero-order valence-corrected chi connectivity index (χ0v) is 23.1. The summed E-state index contributed by atoms with van der Waals surface area (Å²) < 4.78 is 23.8. The minimum absolute atomic E-state index is 0.142. The number of benzene rings is 1. The van der Waals surface area contributed by atoms with E-state index in [1.807, 2.05) is 12.3 Å². The molecule has 2 N–H and O–H groups in total. The number of anilines is 4. The fraction of sp³-hybridized carbons (Fsp3) is 0.536. The van der Waals surface area contributed by atoms with Crippen LogP contribution in [0.1, 0.15) is 51.0 Å². The van der Waals surface area contributed by atoms with Gasteiger partial charge in [-0.3, -0.25) is 0 Å². The molecule has 2 aliphatic heterocycles. The lowest BCUT2D eigenvalue weighted by molar-refractivity contribution is 0.0948. The van der Waals surface area contributed by atoms with Crippen molar-refractivity contribution in [2.24, 2.45) is 5.41 Å². The van der Waals surface area contributed by atoms with Crippen molar-refractivity contribution in [2.45, 2.75) is 56.8 Å². The number of piperidine rings is 1. The number of aliphatic hydroxyl groups is 1. The molecule has 1 saturated carbocycles. The maximum Gasteiger partial charge on any atom is 0.227 e. The molecule has 9 nitrogen and oxygen atoms in total. The molecular formula is C28H36N6O3S. The zero-order valence-electron chi connectivity index (χ0n) is 22.3. The summed E-state index contributed by atoms with van der Waals surface area (Å²) in [5.74, 6) is 2.43. The molecule has 38 heavy (non-hydrogen) atoms. The van der Waals surface area contributed by atoms with Crippen LogP contribution in [0.25, 0.3) is 10.8 Å². The number of fused-ring (bicyclic) bond motifs is 1. The van der Waals surface area contributed by atoms with E-state index in [0.717, 1.165) is 74.1 Å². The van der Waals surface area contributed by atoms with E-state index in [2.05, 4.69) is 52.1 Å². The summed E-state index contributed by atoms with van der Waals surface area (Å²) in [5, 5.41) is 15.3. The zero-order chi connectivity index (χ0) is 26.7. The molecule has 6 rings (SSSR count). The number of hydrogen-bond acceptors (Lipinski definition) is 9. The minimum atomic E-state index is -2.94. The number of nitrogens with one attached hydrogen (secondary N) is 1. The van der Waals surface area contributed by atoms with Gasteiger partial charge in [-0.15, -0.1) is 0 Å². The molecule has 0 bridgehead atoms. The molecule has 0 unspecified atom stereocenters. The molecule has 1 spiro atoms. The van der Waals surface area contributed by atoms with Crippen molar-refractivity contribution in [3.8, 4) is 0 Å². The van der Waals surface area contributed by atoms with E-state index < -0.39 is 9.84 Å². The third-order valence-electron chi connectivity index (χ3n) is 8.50. The molecule has 10 heteroatoms. The molecule has 1 aromatic carbocycles. The van der Waals surface area contributed by atoms with Gasteiger partial charge < -0.3 is 20.2 Å². The predicted octanol–water partition coefficient (Wildman–Crippen LogP) is 3.87. The van der Waals surface area contributed by atoms with Crippen molar-refractivity contribution in [1.29, 1.82) is 0 Å². The molecule has 3 aliphatic rings. The Bertz CT molecular complexity index is 1450. The van der Waals surface area contributed by atoms with Gasteiger partial charge in [0.25, 0.3) is 0 Å². The van der Waals surface area contributed by atoms with Gasteiger partial charge in [0.2, 0.25) is 5.95 Å². The summed E-state index contributed by atoms with van der Waals surface area (Å²) in [6, 6.07) is 8.35. The Morgan fingerprint density at radius 3 is 2.45 bits per heavy atom. The van der Waals surface area contributed by atoms with Crippen LogP contribution in [0.4, 0.5) is 23.3 Å². The molecule has 1 aliphatic carbocycles. The first kappa shape index (κ1) is 25.3. The van der Waals surface area contributed by atoms with E-state index in [1.54, 1.807) is 6.20 Å². The van der Waals surface area contributed by atoms with Gasteiger partial charge in [0, 0.05) is 61.3 Å². The van der Waals surface area contributed by atoms with Gasteiger partial charge in [-0.2, -0.15) is 4.98 Å². The fourth-order valence-corrected chi connectivity index (χ4v) is 7.58. The van der Waals surface area contributed by atoms with E-state index in [9.17, 15) is 13.5 Å². The smallest absolute Gasteiger partial charge is 0.227 e. The van der Waals surface area contributed by atoms with E-state index in [4.69, 9.17) is 9.97 Å². The minimum Gasteiger partial charge on any atom is -0.393 e. The van der Waals surface area contributed by atoms with Crippen LogP contribution in [-0.2, 0) is 9.84 Å². The highest BCUT2D eigenvalue weighted by atomic mass is 32.2. The van der Waals surface area contributed by atoms with Gasteiger partial charge in [0.15, 0.2) is 0 Å². The van der Waals surface area contributed by atoms with Crippen molar-refractivity contribution < 1.29 is 13.5 Å². The standard InChI is InChI=1S/C28H36N6O3S/c1-18(2)21-4-5-24(34-16-28(17-34)13-20(14-28)38(3,36)37)23-15-30-26(12-22(21)23)31-25-6-9-29-27(32-25)33-10-7-19(35)8-11-33/h4-6,9,12,15,18-20,35H,7-8,10-11,13-14,16-17H2,1-3H3,(H,29,30,31,32). The van der Waals surface area contributed by atoms with Crippen molar-refractivity contribution in [1.82, 2.24) is 15.0 Å². The van der Waals surface area contributed by atoms with Gasteiger partial charge in [0.1, 0.15) is 21.5 Å². The first-order valence-corrected chi connectivity index (χ1v) is 15.5. The van der Waals surface area contributed by atoms with E-state index in [-0.39, 0.29) is 16.8 Å². The normalized spacial score (nSPS) is 20.1. The second-order valence-corrected chi connectivity index (χ2v) is 14.1. The fourth-order valence-electron chi connectivity index (χ4n) is 6.26. The number of pyridine rings is 1. The van der Waals surface area contributed by atoms with Crippen molar-refractivity contribution in [3.05, 3.63) is 42.2 Å². The molecule has 202 valence electrons. The van der Waals surface area contributed by atoms with E-state index in [1.165, 1.54) is 11.8 Å². The molecule has 3 aromatic rings. The first-order valence-electron chi connectivity index (χ1n) is 13.5. The van der Waals surface area contributed by atoms with Crippen molar-refractivity contribution >= 4 is 43.9 Å². The highest BCUT2D eigenvalue weighted by molar-refractivity contribution is 7.91. The van der Waals surface area contributed by atoms with Gasteiger partial charge in [-0.05, 0) is 60.7 Å². The maximum absolute atomic E-state index is 11.9. The number of aromatic nitrogens is 3. The van der Waals surface area contributed by atoms with Crippen LogP contribution < -0.4 is 15.1 Å². The second-order valence-electron chi connectivity index (χ2n) is 11.7. The summed E-state index contributed by atoms with van der Waals surface area (Å²) in [7, 11) is -2.94. The lowest BCUT2D eigenvalue weighted by Gasteiger charge is -2.59. The third kappa shape index (κ3) is 4.68. The molecular weight excluding hydrogens is 500 g/mol. The molecule has 2 aromatic heterocycles. The first-order chi connectivity index (χ1) is 18.1. The van der Waals surface area contributed by atoms with Gasteiger partial charge in [-0.25, -0.2) is 18.4 Å². The summed E-state index contributed by atoms with van der Waals surface area (Å²) in [6.07, 6.45) is 7.81. The monoisotopic (exact) mass is 536 g/mol. The summed E-state index contributed by atoms with van der Waals surface area (Å²) in [4.78, 5) is 18.4. The van der Waals surface area contributed by atoms with Crippen molar-refractivity contribution in [2.75, 3.05) is 47.6 Å². The Morgan fingerprint density at radius 2 is 1.76 bits per heavy atom. The maximum atomic E-state index is 11.9. The van der Waals surface area contributed by atoms with Crippen LogP contribution in [0.2, 0.25) is 0 Å². The van der Waals surface area contributed by atoms with Crippen molar-refractivity contribution in [3.63, 3.8) is 0 Å². The van der Waals surface area contributed by atoms with Gasteiger partial charge >= 0.3 is 0 Å². The van der Waals surface area contributed by atoms with E-state index in [0.29, 0.717) is 17.7 Å². The Hall–Kier alpha value is -2.98. The van der Waals surface area contributed by atoms with E-state index >= 15 is 0 Å². The average Bonchev–Trinajstić information content (AvgIpc) is 2.82. The second kappa shape index (κ2) is 9.34. The third-order valence-corrected chi connectivity index (χ3v) is 10.0. The number of nitrogens with zero attached hydrogens (tertiary/aromatic N) is 5. The van der Waals surface area contributed by atoms with Crippen LogP contribution in [0.3, 0.4) is 0 Å². The van der Waals surface area contributed by atoms with Crippen LogP contribution in [-0.4, -0.2) is 72.3 Å². The Labute approximate surface area is 224 Å². The van der Waals surface area contributed by atoms with Crippen LogP contribution in [0.5, 0.6) is 0 Å². The molecule has 3 fully saturated rings. The Morgan fingerprint density at radius 1 is 1.03 bits per heavy atom. The predicted molar refractivity (Wildman–Crippen MR) is 151 cm³/mol. The summed E-state index contributed by atoms with van der Waals surface area (Å²) >= 11 is 0. The quantitative estimate of drug-likeness (QED) is 0.485. The highest BCUT2D eigenvalue weighted by Gasteiger charge is 2.55. The summed E-state index contributed by atoms with van der Waals surface area (Å²) in [6.45, 7) is 7.68. The summed E-state index contributed by atoms with van der Waals surface area (Å²) in [5.41, 5.74) is 2.57. The number of aliphatic hydroxyl groups excluding tert-OH is 1. The topological polar surface area (TPSA) is 112 Å². The molecule has 2 saturated heterocycles. The highest BCUT2D eigenvalue weighted by Crippen LogP contribution is 2.52. The SMILES string of the molecule is CC(C)c1ccc(N2CC3(CC(S(C)(=O)=O)C3)C2)c2cnc(Nc3ccnc(N4CCC(O)CC4)n3)cc12. The Kier molecular flexibility index (Phi) is 6.22. The van der Waals surface area contributed by atoms with Gasteiger partial charge in [0.05, 0.1) is 11.4 Å². The number of rotatable bonds is 6. The lowest BCUT2D eigenvalue weighted by atomic mass is 9.63. The molecule has 4 heterocycles. The lowest BCUT2D eigenvalue weighted by Crippen LogP contribution is -2.65. The van der Waals surface area contributed by atoms with Gasteiger partial charge in [-0.1, -0.05) is 19.9 Å². The largest absolute Gasteiger partial charge is 0.393 e. The Balaban J connectivity index is 1.23. The molecule has 0 atom stereocenters. The average molecular weight is 537 g/mol. The number of hydrogen-bond donors (Lipinski definition) is 2. The molecule has 0 amide bonds. The molecule has 0 radical (unpaired) electrons. The van der Waals surface area contributed by atoms with Crippen LogP contribution in [0, 0.1) is 5.41 Å².